The number of anilines is 2. The quantitative estimate of drug-likeness (QED) is 0.758. The number of ether oxygens (including phenoxy) is 2. The van der Waals surface area contributed by atoms with Gasteiger partial charge in [-0.2, -0.15) is 0 Å². The molecule has 30 heavy (non-hydrogen) atoms. The van der Waals surface area contributed by atoms with Gasteiger partial charge >= 0.3 is 5.97 Å². The van der Waals surface area contributed by atoms with E-state index in [1.165, 1.54) is 5.56 Å². The van der Waals surface area contributed by atoms with Gasteiger partial charge in [0.1, 0.15) is 0 Å². The van der Waals surface area contributed by atoms with Crippen LogP contribution in [-0.2, 0) is 14.3 Å². The number of benzene rings is 2. The Morgan fingerprint density at radius 2 is 1.43 bits per heavy atom. The van der Waals surface area contributed by atoms with Crippen LogP contribution in [0.25, 0.3) is 0 Å². The Hall–Kier alpha value is -2.86. The van der Waals surface area contributed by atoms with Crippen molar-refractivity contribution in [3.63, 3.8) is 0 Å². The number of nitrogens with one attached hydrogen (secondary N) is 1. The highest BCUT2D eigenvalue weighted by atomic mass is 16.5. The van der Waals surface area contributed by atoms with Crippen molar-refractivity contribution in [3.8, 4) is 0 Å². The van der Waals surface area contributed by atoms with E-state index >= 15 is 0 Å². The normalized spacial score (nSPS) is 13.8. The molecule has 0 aliphatic carbocycles. The topological polar surface area (TPSA) is 67.9 Å². The average Bonchev–Trinajstić information content (AvgIpc) is 2.76. The summed E-state index contributed by atoms with van der Waals surface area (Å²) in [6.07, 6.45) is 0. The van der Waals surface area contributed by atoms with Crippen LogP contribution in [0.5, 0.6) is 0 Å². The van der Waals surface area contributed by atoms with E-state index in [4.69, 9.17) is 9.47 Å². The summed E-state index contributed by atoms with van der Waals surface area (Å²) in [5.41, 5.74) is 7.46. The number of hydrogen-bond acceptors (Lipinski definition) is 5. The van der Waals surface area contributed by atoms with Gasteiger partial charge in [0.15, 0.2) is 6.61 Å². The number of rotatable bonds is 5. The molecule has 6 heteroatoms. The zero-order chi connectivity index (χ0) is 21.8. The Morgan fingerprint density at radius 3 is 2.00 bits per heavy atom. The van der Waals surface area contributed by atoms with Gasteiger partial charge in [0.05, 0.1) is 18.8 Å². The zero-order valence-electron chi connectivity index (χ0n) is 18.4. The van der Waals surface area contributed by atoms with Crippen molar-refractivity contribution in [1.82, 2.24) is 0 Å². The molecule has 1 fully saturated rings. The summed E-state index contributed by atoms with van der Waals surface area (Å²) in [5, 5.41) is 2.78. The van der Waals surface area contributed by atoms with Gasteiger partial charge in [-0.15, -0.1) is 0 Å². The van der Waals surface area contributed by atoms with E-state index in [1.54, 1.807) is 0 Å². The van der Waals surface area contributed by atoms with Crippen LogP contribution in [0.3, 0.4) is 0 Å². The van der Waals surface area contributed by atoms with Crippen LogP contribution in [0.1, 0.15) is 38.2 Å². The first-order valence-corrected chi connectivity index (χ1v) is 10.3. The molecule has 6 nitrogen and oxygen atoms in total. The predicted octanol–water partition coefficient (Wildman–Crippen LogP) is 3.86. The third kappa shape index (κ3) is 4.65. The summed E-state index contributed by atoms with van der Waals surface area (Å²) < 4.78 is 10.7. The smallest absolute Gasteiger partial charge is 0.339 e. The summed E-state index contributed by atoms with van der Waals surface area (Å²) >= 11 is 0. The first kappa shape index (κ1) is 21.8. The molecule has 0 atom stereocenters. The number of amides is 1. The lowest BCUT2D eigenvalue weighted by molar-refractivity contribution is -0.119. The van der Waals surface area contributed by atoms with Crippen LogP contribution < -0.4 is 10.2 Å². The molecule has 1 amide bonds. The number of carbonyl (C=O) groups is 2. The largest absolute Gasteiger partial charge is 0.452 e. The SMILES string of the molecule is Cc1c(C)c(C)c(C(=O)OCC(=O)Nc2ccc(N3CCOCC3)cc2)c(C)c1C. The minimum absolute atomic E-state index is 0.325. The molecule has 0 saturated carbocycles. The van der Waals surface area contributed by atoms with E-state index in [2.05, 4.69) is 17.1 Å². The Kier molecular flexibility index (Phi) is 6.77. The van der Waals surface area contributed by atoms with Gasteiger partial charge < -0.3 is 19.7 Å². The second-order valence-corrected chi connectivity index (χ2v) is 7.77. The fraction of sp³-hybridized carbons (Fsp3) is 0.417. The molecule has 1 N–H and O–H groups in total. The molecule has 0 radical (unpaired) electrons. The van der Waals surface area contributed by atoms with E-state index in [1.807, 2.05) is 52.0 Å². The molecule has 1 aliphatic heterocycles. The average molecular weight is 411 g/mol. The zero-order valence-corrected chi connectivity index (χ0v) is 18.4. The van der Waals surface area contributed by atoms with E-state index in [-0.39, 0.29) is 12.5 Å². The Bertz CT molecular complexity index is 916. The minimum Gasteiger partial charge on any atom is -0.452 e. The number of carbonyl (C=O) groups excluding carboxylic acids is 2. The Morgan fingerprint density at radius 1 is 0.900 bits per heavy atom. The van der Waals surface area contributed by atoms with E-state index in [0.717, 1.165) is 54.2 Å². The molecule has 160 valence electrons. The van der Waals surface area contributed by atoms with Gasteiger partial charge in [0.25, 0.3) is 5.91 Å². The fourth-order valence-corrected chi connectivity index (χ4v) is 3.78. The van der Waals surface area contributed by atoms with Gasteiger partial charge in [0.2, 0.25) is 0 Å². The van der Waals surface area contributed by atoms with Crippen molar-refractivity contribution in [2.45, 2.75) is 34.6 Å². The maximum Gasteiger partial charge on any atom is 0.339 e. The second kappa shape index (κ2) is 9.30. The van der Waals surface area contributed by atoms with Crippen molar-refractivity contribution < 1.29 is 19.1 Å². The third-order valence-electron chi connectivity index (χ3n) is 6.07. The number of hydrogen-bond donors (Lipinski definition) is 1. The second-order valence-electron chi connectivity index (χ2n) is 7.77. The predicted molar refractivity (Wildman–Crippen MR) is 119 cm³/mol. The van der Waals surface area contributed by atoms with Crippen LogP contribution in [0.15, 0.2) is 24.3 Å². The highest BCUT2D eigenvalue weighted by Gasteiger charge is 2.20. The standard InChI is InChI=1S/C24H30N2O4/c1-15-16(2)18(4)23(19(5)17(15)3)24(28)30-14-22(27)25-20-6-8-21(9-7-20)26-10-12-29-13-11-26/h6-9H,10-14H2,1-5H3,(H,25,27). The molecule has 2 aromatic rings. The van der Waals surface area contributed by atoms with Crippen LogP contribution in [-0.4, -0.2) is 44.8 Å². The summed E-state index contributed by atoms with van der Waals surface area (Å²) in [4.78, 5) is 27.2. The maximum absolute atomic E-state index is 12.7. The molecule has 1 saturated heterocycles. The summed E-state index contributed by atoms with van der Waals surface area (Å²) in [6.45, 7) is 12.7. The van der Waals surface area contributed by atoms with Crippen molar-refractivity contribution in [1.29, 1.82) is 0 Å². The molecule has 1 aliphatic rings. The molecule has 0 aromatic heterocycles. The summed E-state index contributed by atoms with van der Waals surface area (Å²) in [7, 11) is 0. The van der Waals surface area contributed by atoms with Crippen molar-refractivity contribution in [2.75, 3.05) is 43.1 Å². The number of nitrogens with zero attached hydrogens (tertiary/aromatic N) is 1. The molecule has 2 aromatic carbocycles. The summed E-state index contributed by atoms with van der Waals surface area (Å²) in [5.74, 6) is -0.827. The number of esters is 1. The highest BCUT2D eigenvalue weighted by molar-refractivity contribution is 5.97. The van der Waals surface area contributed by atoms with Crippen molar-refractivity contribution in [3.05, 3.63) is 57.6 Å². The lowest BCUT2D eigenvalue weighted by Gasteiger charge is -2.28. The molecule has 0 bridgehead atoms. The molecular weight excluding hydrogens is 380 g/mol. The van der Waals surface area contributed by atoms with Gasteiger partial charge in [-0.05, 0) is 86.7 Å². The van der Waals surface area contributed by atoms with Crippen LogP contribution in [0.4, 0.5) is 11.4 Å². The van der Waals surface area contributed by atoms with Gasteiger partial charge in [-0.3, -0.25) is 4.79 Å². The highest BCUT2D eigenvalue weighted by Crippen LogP contribution is 2.26. The monoisotopic (exact) mass is 410 g/mol. The maximum atomic E-state index is 12.7. The van der Waals surface area contributed by atoms with Crippen LogP contribution in [0, 0.1) is 34.6 Å². The minimum atomic E-state index is -0.464. The summed E-state index contributed by atoms with van der Waals surface area (Å²) in [6, 6.07) is 7.64. The molecule has 0 spiro atoms. The van der Waals surface area contributed by atoms with Crippen molar-refractivity contribution in [2.24, 2.45) is 0 Å². The van der Waals surface area contributed by atoms with Crippen LogP contribution >= 0.6 is 0 Å². The lowest BCUT2D eigenvalue weighted by atomic mass is 9.90. The Balaban J connectivity index is 1.59. The fourth-order valence-electron chi connectivity index (χ4n) is 3.78. The van der Waals surface area contributed by atoms with Gasteiger partial charge in [0, 0.05) is 24.5 Å². The molecular formula is C24H30N2O4. The molecule has 1 heterocycles. The molecule has 0 unspecified atom stereocenters. The van der Waals surface area contributed by atoms with Crippen LogP contribution in [0.2, 0.25) is 0 Å². The first-order valence-electron chi connectivity index (χ1n) is 10.3. The van der Waals surface area contributed by atoms with E-state index in [0.29, 0.717) is 11.3 Å². The van der Waals surface area contributed by atoms with E-state index < -0.39 is 5.97 Å². The van der Waals surface area contributed by atoms with Gasteiger partial charge in [-0.1, -0.05) is 0 Å². The van der Waals surface area contributed by atoms with Gasteiger partial charge in [-0.25, -0.2) is 4.79 Å². The van der Waals surface area contributed by atoms with E-state index in [9.17, 15) is 9.59 Å². The lowest BCUT2D eigenvalue weighted by Crippen LogP contribution is -2.36. The number of morpholine rings is 1. The Labute approximate surface area is 178 Å². The van der Waals surface area contributed by atoms with Crippen molar-refractivity contribution >= 4 is 23.3 Å². The first-order chi connectivity index (χ1) is 14.3. The third-order valence-corrected chi connectivity index (χ3v) is 6.07. The molecule has 3 rings (SSSR count).